The minimum atomic E-state index is 0.117. The molecule has 1 aromatic rings. The number of hydrogen-bond donors (Lipinski definition) is 1. The fourth-order valence-corrected chi connectivity index (χ4v) is 2.15. The molecular formula is C17H31NO2. The van der Waals surface area contributed by atoms with Crippen molar-refractivity contribution >= 4 is 0 Å². The van der Waals surface area contributed by atoms with Crippen molar-refractivity contribution in [3.8, 4) is 0 Å². The Kier molecular flexibility index (Phi) is 6.28. The van der Waals surface area contributed by atoms with Gasteiger partial charge in [0.25, 0.3) is 0 Å². The summed E-state index contributed by atoms with van der Waals surface area (Å²) in [5.74, 6) is 2.57. The molecule has 0 aliphatic heterocycles. The van der Waals surface area contributed by atoms with Crippen LogP contribution in [0.5, 0.6) is 0 Å². The number of rotatable bonds is 7. The first-order valence-electron chi connectivity index (χ1n) is 7.62. The molecule has 3 nitrogen and oxygen atoms in total. The molecule has 0 bridgehead atoms. The molecule has 0 aromatic carbocycles. The third kappa shape index (κ3) is 6.58. The molecule has 20 heavy (non-hydrogen) atoms. The number of nitrogens with one attached hydrogen (secondary N) is 1. The van der Waals surface area contributed by atoms with E-state index in [1.165, 1.54) is 5.56 Å². The molecule has 1 unspecified atom stereocenters. The Hall–Kier alpha value is -0.800. The van der Waals surface area contributed by atoms with Crippen LogP contribution in [0.15, 0.2) is 10.5 Å². The molecule has 1 N–H and O–H groups in total. The summed E-state index contributed by atoms with van der Waals surface area (Å²) in [5.41, 5.74) is 1.33. The molecule has 0 amide bonds. The average molecular weight is 281 g/mol. The van der Waals surface area contributed by atoms with Crippen molar-refractivity contribution in [3.63, 3.8) is 0 Å². The van der Waals surface area contributed by atoms with E-state index in [9.17, 15) is 0 Å². The zero-order valence-corrected chi connectivity index (χ0v) is 14.2. The van der Waals surface area contributed by atoms with Gasteiger partial charge in [-0.1, -0.05) is 13.8 Å². The van der Waals surface area contributed by atoms with Crippen LogP contribution in [-0.4, -0.2) is 11.6 Å². The monoisotopic (exact) mass is 281 g/mol. The second-order valence-electron chi connectivity index (χ2n) is 7.15. The molecule has 0 aliphatic carbocycles. The molecule has 1 rings (SSSR count). The van der Waals surface area contributed by atoms with E-state index in [4.69, 9.17) is 9.15 Å². The summed E-state index contributed by atoms with van der Waals surface area (Å²) in [4.78, 5) is 0. The number of furan rings is 1. The van der Waals surface area contributed by atoms with Crippen LogP contribution in [0.3, 0.4) is 0 Å². The van der Waals surface area contributed by atoms with Gasteiger partial charge in [0.05, 0.1) is 6.10 Å². The zero-order valence-electron chi connectivity index (χ0n) is 14.2. The van der Waals surface area contributed by atoms with Crippen LogP contribution in [0.2, 0.25) is 0 Å². The van der Waals surface area contributed by atoms with Crippen LogP contribution in [0, 0.1) is 12.8 Å². The molecule has 116 valence electrons. The second kappa shape index (κ2) is 7.28. The minimum Gasteiger partial charge on any atom is -0.464 e. The zero-order chi connectivity index (χ0) is 15.3. The van der Waals surface area contributed by atoms with Crippen molar-refractivity contribution < 1.29 is 9.15 Å². The molecule has 1 atom stereocenters. The number of hydrogen-bond acceptors (Lipinski definition) is 3. The average Bonchev–Trinajstić information content (AvgIpc) is 2.63. The molecular weight excluding hydrogens is 250 g/mol. The number of aryl methyl sites for hydroxylation is 1. The van der Waals surface area contributed by atoms with E-state index in [0.29, 0.717) is 12.5 Å². The molecule has 0 saturated carbocycles. The van der Waals surface area contributed by atoms with Gasteiger partial charge in [-0.2, -0.15) is 0 Å². The highest BCUT2D eigenvalue weighted by Gasteiger charge is 2.13. The summed E-state index contributed by atoms with van der Waals surface area (Å²) >= 11 is 0. The van der Waals surface area contributed by atoms with E-state index in [1.807, 2.05) is 6.92 Å². The minimum absolute atomic E-state index is 0.117. The van der Waals surface area contributed by atoms with Gasteiger partial charge < -0.3 is 14.5 Å². The molecule has 0 aliphatic rings. The topological polar surface area (TPSA) is 34.4 Å². The van der Waals surface area contributed by atoms with Gasteiger partial charge in [-0.25, -0.2) is 0 Å². The standard InChI is InChI=1S/C17H31NO2/c1-12(2)8-13(3)19-11-16-9-15(14(4)20-16)10-18-17(5,6)7/h9,12-13,18H,8,10-11H2,1-7H3. The lowest BCUT2D eigenvalue weighted by molar-refractivity contribution is 0.0300. The quantitative estimate of drug-likeness (QED) is 0.803. The highest BCUT2D eigenvalue weighted by atomic mass is 16.5. The van der Waals surface area contributed by atoms with Crippen molar-refractivity contribution in [2.45, 2.75) is 79.7 Å². The first-order chi connectivity index (χ1) is 9.17. The third-order valence-electron chi connectivity index (χ3n) is 3.19. The maximum Gasteiger partial charge on any atom is 0.130 e. The Labute approximate surface area is 124 Å². The molecule has 0 spiro atoms. The van der Waals surface area contributed by atoms with E-state index < -0.39 is 0 Å². The SMILES string of the molecule is Cc1oc(COC(C)CC(C)C)cc1CNC(C)(C)C. The summed E-state index contributed by atoms with van der Waals surface area (Å²) in [6.45, 7) is 16.5. The van der Waals surface area contributed by atoms with Crippen LogP contribution >= 0.6 is 0 Å². The summed E-state index contributed by atoms with van der Waals surface area (Å²) in [6.07, 6.45) is 1.36. The van der Waals surface area contributed by atoms with Gasteiger partial charge in [-0.15, -0.1) is 0 Å². The van der Waals surface area contributed by atoms with Crippen LogP contribution in [-0.2, 0) is 17.9 Å². The highest BCUT2D eigenvalue weighted by molar-refractivity contribution is 5.20. The summed E-state index contributed by atoms with van der Waals surface area (Å²) in [5, 5.41) is 3.48. The Balaban J connectivity index is 2.48. The molecule has 0 radical (unpaired) electrons. The van der Waals surface area contributed by atoms with Gasteiger partial charge >= 0.3 is 0 Å². The highest BCUT2D eigenvalue weighted by Crippen LogP contribution is 2.18. The van der Waals surface area contributed by atoms with Crippen LogP contribution in [0.25, 0.3) is 0 Å². The molecule has 0 fully saturated rings. The van der Waals surface area contributed by atoms with Crippen molar-refractivity contribution in [1.29, 1.82) is 0 Å². The van der Waals surface area contributed by atoms with Crippen molar-refractivity contribution in [1.82, 2.24) is 5.32 Å². The van der Waals surface area contributed by atoms with E-state index in [2.05, 4.69) is 52.9 Å². The molecule has 1 heterocycles. The first-order valence-corrected chi connectivity index (χ1v) is 7.62. The molecule has 1 aromatic heterocycles. The van der Waals surface area contributed by atoms with Gasteiger partial charge in [0.2, 0.25) is 0 Å². The fraction of sp³-hybridized carbons (Fsp3) is 0.765. The van der Waals surface area contributed by atoms with E-state index in [0.717, 1.165) is 24.5 Å². The van der Waals surface area contributed by atoms with Crippen LogP contribution < -0.4 is 5.32 Å². The predicted octanol–water partition coefficient (Wildman–Crippen LogP) is 4.43. The largest absolute Gasteiger partial charge is 0.464 e. The van der Waals surface area contributed by atoms with Crippen molar-refractivity contribution in [2.24, 2.45) is 5.92 Å². The van der Waals surface area contributed by atoms with E-state index >= 15 is 0 Å². The van der Waals surface area contributed by atoms with Crippen molar-refractivity contribution in [3.05, 3.63) is 23.2 Å². The molecule has 3 heteroatoms. The lowest BCUT2D eigenvalue weighted by atomic mass is 10.1. The van der Waals surface area contributed by atoms with E-state index in [1.54, 1.807) is 0 Å². The number of ether oxygens (including phenoxy) is 1. The smallest absolute Gasteiger partial charge is 0.130 e. The summed E-state index contributed by atoms with van der Waals surface area (Å²) in [7, 11) is 0. The fourth-order valence-electron chi connectivity index (χ4n) is 2.15. The lowest BCUT2D eigenvalue weighted by Gasteiger charge is -2.20. The van der Waals surface area contributed by atoms with Gasteiger partial charge in [-0.05, 0) is 53.0 Å². The Morgan fingerprint density at radius 2 is 1.90 bits per heavy atom. The van der Waals surface area contributed by atoms with Gasteiger partial charge in [0.1, 0.15) is 18.1 Å². The molecule has 0 saturated heterocycles. The maximum atomic E-state index is 5.84. The lowest BCUT2D eigenvalue weighted by Crippen LogP contribution is -2.35. The van der Waals surface area contributed by atoms with Gasteiger partial charge in [-0.3, -0.25) is 0 Å². The van der Waals surface area contributed by atoms with E-state index in [-0.39, 0.29) is 11.6 Å². The Morgan fingerprint density at radius 1 is 1.25 bits per heavy atom. The second-order valence-corrected chi connectivity index (χ2v) is 7.15. The Morgan fingerprint density at radius 3 is 2.45 bits per heavy atom. The first kappa shape index (κ1) is 17.3. The van der Waals surface area contributed by atoms with Crippen LogP contribution in [0.1, 0.15) is 65.0 Å². The predicted molar refractivity (Wildman–Crippen MR) is 83.7 cm³/mol. The maximum absolute atomic E-state index is 5.84. The van der Waals surface area contributed by atoms with Gasteiger partial charge in [0, 0.05) is 17.6 Å². The normalized spacial score (nSPS) is 14.0. The third-order valence-corrected chi connectivity index (χ3v) is 3.19. The van der Waals surface area contributed by atoms with Crippen molar-refractivity contribution in [2.75, 3.05) is 0 Å². The Bertz CT molecular complexity index is 402. The summed E-state index contributed by atoms with van der Waals surface area (Å²) < 4.78 is 11.6. The van der Waals surface area contributed by atoms with Gasteiger partial charge in [0.15, 0.2) is 0 Å². The van der Waals surface area contributed by atoms with Crippen LogP contribution in [0.4, 0.5) is 0 Å². The summed E-state index contributed by atoms with van der Waals surface area (Å²) in [6, 6.07) is 2.11.